The Bertz CT molecular complexity index is 697. The van der Waals surface area contributed by atoms with Crippen LogP contribution in [0.2, 0.25) is 0 Å². The molecule has 0 spiro atoms. The second kappa shape index (κ2) is 5.45. The highest BCUT2D eigenvalue weighted by Gasteiger charge is 2.14. The predicted octanol–water partition coefficient (Wildman–Crippen LogP) is 1.49. The third-order valence-corrected chi connectivity index (χ3v) is 5.64. The third kappa shape index (κ3) is 3.24. The largest absolute Gasteiger partial charge is 0.398 e. The first-order valence-corrected chi connectivity index (χ1v) is 8.35. The van der Waals surface area contributed by atoms with Gasteiger partial charge in [0.05, 0.1) is 4.90 Å². The lowest BCUT2D eigenvalue weighted by Gasteiger charge is -2.07. The Morgan fingerprint density at radius 2 is 2.11 bits per heavy atom. The van der Waals surface area contributed by atoms with E-state index in [1.807, 2.05) is 6.92 Å². The van der Waals surface area contributed by atoms with Gasteiger partial charge in [-0.25, -0.2) is 13.1 Å². The molecule has 0 saturated carbocycles. The maximum atomic E-state index is 11.7. The first kappa shape index (κ1) is 14.3. The van der Waals surface area contributed by atoms with E-state index >= 15 is 0 Å². The monoisotopic (exact) mass is 316 g/mol. The van der Waals surface area contributed by atoms with Gasteiger partial charge in [0.15, 0.2) is 4.34 Å². The van der Waals surface area contributed by atoms with Crippen LogP contribution in [0.15, 0.2) is 32.3 Å². The number of nitrogen functional groups attached to an aromatic ring is 1. The molecule has 0 atom stereocenters. The maximum absolute atomic E-state index is 11.7. The fourth-order valence-corrected chi connectivity index (χ4v) is 3.99. The van der Waals surface area contributed by atoms with Crippen LogP contribution in [0.5, 0.6) is 0 Å². The van der Waals surface area contributed by atoms with Gasteiger partial charge in [0.25, 0.3) is 0 Å². The Hall–Kier alpha value is -1.16. The SMILES string of the molecule is CNS(=O)(=O)c1ccc(N)c(Sc2nnc(C)s2)c1. The minimum absolute atomic E-state index is 0.174. The summed E-state index contributed by atoms with van der Waals surface area (Å²) in [5.74, 6) is 0. The minimum atomic E-state index is -3.48. The molecule has 0 radical (unpaired) electrons. The lowest BCUT2D eigenvalue weighted by atomic mass is 10.3. The van der Waals surface area contributed by atoms with E-state index in [1.165, 1.54) is 42.3 Å². The van der Waals surface area contributed by atoms with E-state index in [1.54, 1.807) is 6.07 Å². The van der Waals surface area contributed by atoms with Crippen LogP contribution in [0.25, 0.3) is 0 Å². The summed E-state index contributed by atoms with van der Waals surface area (Å²) < 4.78 is 26.5. The summed E-state index contributed by atoms with van der Waals surface area (Å²) in [5.41, 5.74) is 6.36. The van der Waals surface area contributed by atoms with Crippen LogP contribution in [-0.2, 0) is 10.0 Å². The maximum Gasteiger partial charge on any atom is 0.240 e. The molecule has 0 aliphatic carbocycles. The molecule has 1 aromatic carbocycles. The van der Waals surface area contributed by atoms with E-state index in [0.29, 0.717) is 10.6 Å². The predicted molar refractivity (Wildman–Crippen MR) is 75.9 cm³/mol. The molecule has 0 amide bonds. The van der Waals surface area contributed by atoms with Crippen molar-refractivity contribution in [3.63, 3.8) is 0 Å². The molecule has 2 aromatic rings. The molecule has 3 N–H and O–H groups in total. The van der Waals surface area contributed by atoms with Crippen molar-refractivity contribution in [1.82, 2.24) is 14.9 Å². The molecule has 9 heteroatoms. The van der Waals surface area contributed by atoms with Gasteiger partial charge in [-0.1, -0.05) is 23.1 Å². The number of sulfonamides is 1. The summed E-state index contributed by atoms with van der Waals surface area (Å²) in [6.45, 7) is 1.85. The molecule has 19 heavy (non-hydrogen) atoms. The lowest BCUT2D eigenvalue weighted by Crippen LogP contribution is -2.18. The third-order valence-electron chi connectivity index (χ3n) is 2.27. The van der Waals surface area contributed by atoms with Gasteiger partial charge < -0.3 is 5.73 Å². The molecule has 102 valence electrons. The number of nitrogens with zero attached hydrogens (tertiary/aromatic N) is 2. The molecular weight excluding hydrogens is 304 g/mol. The molecule has 2 rings (SSSR count). The summed E-state index contributed by atoms with van der Waals surface area (Å²) in [5, 5.41) is 8.73. The van der Waals surface area contributed by atoms with Gasteiger partial charge in [-0.2, -0.15) is 0 Å². The smallest absolute Gasteiger partial charge is 0.240 e. The van der Waals surface area contributed by atoms with Crippen molar-refractivity contribution in [2.45, 2.75) is 21.1 Å². The number of anilines is 1. The fourth-order valence-electron chi connectivity index (χ4n) is 1.30. The van der Waals surface area contributed by atoms with Gasteiger partial charge >= 0.3 is 0 Å². The van der Waals surface area contributed by atoms with Crippen molar-refractivity contribution in [2.75, 3.05) is 12.8 Å². The van der Waals surface area contributed by atoms with Crippen LogP contribution in [-0.4, -0.2) is 25.7 Å². The summed E-state index contributed by atoms with van der Waals surface area (Å²) in [6.07, 6.45) is 0. The summed E-state index contributed by atoms with van der Waals surface area (Å²) >= 11 is 2.73. The van der Waals surface area contributed by atoms with Crippen LogP contribution in [0, 0.1) is 6.92 Å². The highest BCUT2D eigenvalue weighted by molar-refractivity contribution is 8.01. The standard InChI is InChI=1S/C10H12N4O2S3/c1-6-13-14-10(17-6)18-9-5-7(3-4-8(9)11)19(15,16)12-2/h3-5,12H,11H2,1-2H3. The topological polar surface area (TPSA) is 98.0 Å². The fraction of sp³-hybridized carbons (Fsp3) is 0.200. The lowest BCUT2D eigenvalue weighted by molar-refractivity contribution is 0.588. The molecule has 0 bridgehead atoms. The van der Waals surface area contributed by atoms with Gasteiger partial charge in [0.2, 0.25) is 10.0 Å². The molecule has 6 nitrogen and oxygen atoms in total. The Kier molecular flexibility index (Phi) is 4.09. The van der Waals surface area contributed by atoms with E-state index < -0.39 is 10.0 Å². The number of nitrogens with one attached hydrogen (secondary N) is 1. The van der Waals surface area contributed by atoms with Gasteiger partial charge in [-0.15, -0.1) is 10.2 Å². The minimum Gasteiger partial charge on any atom is -0.398 e. The van der Waals surface area contributed by atoms with E-state index in [0.717, 1.165) is 9.35 Å². The van der Waals surface area contributed by atoms with Crippen molar-refractivity contribution in [3.05, 3.63) is 23.2 Å². The van der Waals surface area contributed by atoms with Gasteiger partial charge in [0, 0.05) is 10.6 Å². The van der Waals surface area contributed by atoms with E-state index in [9.17, 15) is 8.42 Å². The molecule has 1 aromatic heterocycles. The molecule has 0 aliphatic heterocycles. The summed E-state index contributed by atoms with van der Waals surface area (Å²) in [4.78, 5) is 0.820. The zero-order valence-electron chi connectivity index (χ0n) is 10.2. The number of aromatic nitrogens is 2. The van der Waals surface area contributed by atoms with Crippen LogP contribution >= 0.6 is 23.1 Å². The van der Waals surface area contributed by atoms with Crippen molar-refractivity contribution in [3.8, 4) is 0 Å². The van der Waals surface area contributed by atoms with Crippen LogP contribution in [0.1, 0.15) is 5.01 Å². The number of hydrogen-bond acceptors (Lipinski definition) is 7. The highest BCUT2D eigenvalue weighted by Crippen LogP contribution is 2.35. The number of aryl methyl sites for hydroxylation is 1. The molecule has 0 unspecified atom stereocenters. The van der Waals surface area contributed by atoms with Crippen molar-refractivity contribution >= 4 is 38.8 Å². The molecule has 1 heterocycles. The van der Waals surface area contributed by atoms with Gasteiger partial charge in [-0.3, -0.25) is 0 Å². The molecule has 0 aliphatic rings. The number of benzene rings is 1. The number of hydrogen-bond donors (Lipinski definition) is 2. The Morgan fingerprint density at radius 1 is 1.37 bits per heavy atom. The quantitative estimate of drug-likeness (QED) is 0.829. The summed E-state index contributed by atoms with van der Waals surface area (Å²) in [6, 6.07) is 4.57. The average molecular weight is 316 g/mol. The van der Waals surface area contributed by atoms with Gasteiger partial charge in [-0.05, 0) is 32.2 Å². The first-order valence-electron chi connectivity index (χ1n) is 5.23. The van der Waals surface area contributed by atoms with Crippen LogP contribution in [0.4, 0.5) is 5.69 Å². The Balaban J connectivity index is 2.38. The summed E-state index contributed by atoms with van der Waals surface area (Å²) in [7, 11) is -2.11. The normalized spacial score (nSPS) is 11.7. The van der Waals surface area contributed by atoms with Crippen molar-refractivity contribution in [1.29, 1.82) is 0 Å². The zero-order valence-corrected chi connectivity index (χ0v) is 12.7. The second-order valence-electron chi connectivity index (χ2n) is 3.60. The van der Waals surface area contributed by atoms with Crippen molar-refractivity contribution < 1.29 is 8.42 Å². The first-order chi connectivity index (χ1) is 8.92. The van der Waals surface area contributed by atoms with Crippen LogP contribution < -0.4 is 10.5 Å². The van der Waals surface area contributed by atoms with E-state index in [4.69, 9.17) is 5.73 Å². The van der Waals surface area contributed by atoms with Crippen LogP contribution in [0.3, 0.4) is 0 Å². The zero-order chi connectivity index (χ0) is 14.0. The van der Waals surface area contributed by atoms with Crippen molar-refractivity contribution in [2.24, 2.45) is 0 Å². The highest BCUT2D eigenvalue weighted by atomic mass is 32.2. The molecule has 0 saturated heterocycles. The molecular formula is C10H12N4O2S3. The second-order valence-corrected chi connectivity index (χ2v) is 7.95. The van der Waals surface area contributed by atoms with Gasteiger partial charge in [0.1, 0.15) is 5.01 Å². The Morgan fingerprint density at radius 3 is 2.68 bits per heavy atom. The average Bonchev–Trinajstić information content (AvgIpc) is 2.77. The van der Waals surface area contributed by atoms with E-state index in [2.05, 4.69) is 14.9 Å². The number of nitrogens with two attached hydrogens (primary N) is 1. The van der Waals surface area contributed by atoms with E-state index in [-0.39, 0.29) is 4.90 Å². The molecule has 0 fully saturated rings. The number of rotatable bonds is 4. The Labute approximate surface area is 119 Å².